The first-order chi connectivity index (χ1) is 16.0. The molecule has 0 aliphatic carbocycles. The molecule has 0 fully saturated rings. The monoisotopic (exact) mass is 446 g/mol. The molecule has 9 heteroatoms. The van der Waals surface area contributed by atoms with E-state index >= 15 is 0 Å². The Kier molecular flexibility index (Phi) is 6.77. The normalized spacial score (nSPS) is 14.2. The van der Waals surface area contributed by atoms with Crippen molar-refractivity contribution in [3.05, 3.63) is 83.4 Å². The Morgan fingerprint density at radius 1 is 1.09 bits per heavy atom. The van der Waals surface area contributed by atoms with Gasteiger partial charge < -0.3 is 15.5 Å². The van der Waals surface area contributed by atoms with Gasteiger partial charge in [-0.25, -0.2) is 0 Å². The van der Waals surface area contributed by atoms with E-state index < -0.39 is 11.9 Å². The molecule has 0 radical (unpaired) electrons. The maximum absolute atomic E-state index is 13.1. The molecule has 1 aromatic carbocycles. The number of benzene rings is 1. The zero-order valence-electron chi connectivity index (χ0n) is 18.4. The van der Waals surface area contributed by atoms with Crippen LogP contribution in [0.3, 0.4) is 0 Å². The third kappa shape index (κ3) is 5.43. The zero-order chi connectivity index (χ0) is 23.2. The fraction of sp³-hybridized carbons (Fsp3) is 0.292. The van der Waals surface area contributed by atoms with Crippen molar-refractivity contribution in [2.24, 2.45) is 0 Å². The highest BCUT2D eigenvalue weighted by molar-refractivity contribution is 5.99. The fourth-order valence-corrected chi connectivity index (χ4v) is 3.68. The summed E-state index contributed by atoms with van der Waals surface area (Å²) in [6.07, 6.45) is 4.06. The van der Waals surface area contributed by atoms with Crippen LogP contribution in [0.15, 0.2) is 60.9 Å². The first kappa shape index (κ1) is 22.2. The van der Waals surface area contributed by atoms with Crippen molar-refractivity contribution in [1.29, 1.82) is 0 Å². The Morgan fingerprint density at radius 3 is 2.64 bits per heavy atom. The molecule has 3 amide bonds. The van der Waals surface area contributed by atoms with Gasteiger partial charge in [-0.3, -0.25) is 24.0 Å². The van der Waals surface area contributed by atoms with Crippen LogP contribution in [0.4, 0.5) is 0 Å². The Bertz CT molecular complexity index is 1130. The van der Waals surface area contributed by atoms with Gasteiger partial charge in [-0.15, -0.1) is 0 Å². The van der Waals surface area contributed by atoms with Crippen LogP contribution in [-0.4, -0.2) is 50.0 Å². The van der Waals surface area contributed by atoms with Crippen LogP contribution < -0.4 is 10.6 Å². The molecule has 0 bridgehead atoms. The van der Waals surface area contributed by atoms with Gasteiger partial charge in [0.25, 0.3) is 11.8 Å². The second-order valence-electron chi connectivity index (χ2n) is 7.98. The first-order valence-corrected chi connectivity index (χ1v) is 10.9. The largest absolute Gasteiger partial charge is 0.350 e. The molecule has 9 nitrogen and oxygen atoms in total. The molecule has 1 aliphatic rings. The summed E-state index contributed by atoms with van der Waals surface area (Å²) in [7, 11) is 0. The minimum atomic E-state index is -0.763. The molecule has 4 rings (SSSR count). The molecule has 0 saturated carbocycles. The molecule has 0 saturated heterocycles. The highest BCUT2D eigenvalue weighted by Gasteiger charge is 2.27. The van der Waals surface area contributed by atoms with Crippen molar-refractivity contribution in [2.45, 2.75) is 39.0 Å². The number of rotatable bonds is 7. The fourth-order valence-electron chi connectivity index (χ4n) is 3.68. The summed E-state index contributed by atoms with van der Waals surface area (Å²) in [5.74, 6) is -0.981. The van der Waals surface area contributed by atoms with Crippen LogP contribution in [-0.2, 0) is 24.4 Å². The van der Waals surface area contributed by atoms with Crippen LogP contribution >= 0.6 is 0 Å². The number of hydrogen-bond donors (Lipinski definition) is 2. The van der Waals surface area contributed by atoms with Gasteiger partial charge >= 0.3 is 0 Å². The van der Waals surface area contributed by atoms with E-state index in [9.17, 15) is 14.4 Å². The summed E-state index contributed by atoms with van der Waals surface area (Å²) in [5.41, 5.74) is 2.40. The molecular formula is C24H26N6O3. The predicted octanol–water partition coefficient (Wildman–Crippen LogP) is 1.76. The van der Waals surface area contributed by atoms with Gasteiger partial charge in [-0.05, 0) is 30.5 Å². The number of pyridine rings is 1. The van der Waals surface area contributed by atoms with Crippen LogP contribution in [0.25, 0.3) is 0 Å². The molecule has 1 atom stereocenters. The number of amides is 3. The number of aromatic nitrogens is 3. The lowest BCUT2D eigenvalue weighted by molar-refractivity contribution is -0.122. The first-order valence-electron chi connectivity index (χ1n) is 10.9. The topological polar surface area (TPSA) is 109 Å². The van der Waals surface area contributed by atoms with Gasteiger partial charge in [0, 0.05) is 44.6 Å². The third-order valence-electron chi connectivity index (χ3n) is 5.46. The summed E-state index contributed by atoms with van der Waals surface area (Å²) in [5, 5.41) is 9.75. The molecule has 0 spiro atoms. The van der Waals surface area contributed by atoms with Crippen molar-refractivity contribution < 1.29 is 14.4 Å². The third-order valence-corrected chi connectivity index (χ3v) is 5.46. The highest BCUT2D eigenvalue weighted by atomic mass is 16.2. The number of nitrogens with zero attached hydrogens (tertiary/aromatic N) is 4. The second kappa shape index (κ2) is 10.1. The molecular weight excluding hydrogens is 420 g/mol. The summed E-state index contributed by atoms with van der Waals surface area (Å²) in [4.78, 5) is 43.9. The Balaban J connectivity index is 1.38. The number of hydrogen-bond acceptors (Lipinski definition) is 5. The Labute approximate surface area is 191 Å². The Hall–Kier alpha value is -4.01. The van der Waals surface area contributed by atoms with Gasteiger partial charge in [0.05, 0.1) is 0 Å². The van der Waals surface area contributed by atoms with Crippen molar-refractivity contribution in [1.82, 2.24) is 30.3 Å². The molecule has 2 N–H and O–H groups in total. The van der Waals surface area contributed by atoms with E-state index in [1.165, 1.54) is 6.07 Å². The minimum absolute atomic E-state index is 0.117. The number of aryl methyl sites for hydroxylation is 1. The van der Waals surface area contributed by atoms with E-state index in [2.05, 4.69) is 20.7 Å². The highest BCUT2D eigenvalue weighted by Crippen LogP contribution is 2.16. The van der Waals surface area contributed by atoms with Gasteiger partial charge in [0.1, 0.15) is 11.7 Å². The molecule has 33 heavy (non-hydrogen) atoms. The van der Waals surface area contributed by atoms with Crippen LogP contribution in [0, 0.1) is 0 Å². The summed E-state index contributed by atoms with van der Waals surface area (Å²) in [6, 6.07) is 14.2. The molecule has 0 unspecified atom stereocenters. The lowest BCUT2D eigenvalue weighted by atomic mass is 10.2. The molecule has 3 aromatic rings. The average Bonchev–Trinajstić information content (AvgIpc) is 3.21. The second-order valence-corrected chi connectivity index (χ2v) is 7.98. The summed E-state index contributed by atoms with van der Waals surface area (Å²) < 4.78 is 1.58. The van der Waals surface area contributed by atoms with Crippen LogP contribution in [0.1, 0.15) is 45.4 Å². The van der Waals surface area contributed by atoms with Crippen LogP contribution in [0.5, 0.6) is 0 Å². The van der Waals surface area contributed by atoms with Gasteiger partial charge in [0.2, 0.25) is 5.91 Å². The van der Waals surface area contributed by atoms with E-state index in [-0.39, 0.29) is 17.5 Å². The van der Waals surface area contributed by atoms with Crippen molar-refractivity contribution in [3.63, 3.8) is 0 Å². The van der Waals surface area contributed by atoms with E-state index in [1.54, 1.807) is 35.0 Å². The van der Waals surface area contributed by atoms with E-state index in [4.69, 9.17) is 0 Å². The minimum Gasteiger partial charge on any atom is -0.350 e. The number of carbonyl (C=O) groups is 3. The van der Waals surface area contributed by atoms with Crippen LogP contribution in [0.2, 0.25) is 0 Å². The lowest BCUT2D eigenvalue weighted by Gasteiger charge is -2.20. The lowest BCUT2D eigenvalue weighted by Crippen LogP contribution is -2.44. The van der Waals surface area contributed by atoms with E-state index in [0.717, 1.165) is 17.5 Å². The quantitative estimate of drug-likeness (QED) is 0.575. The number of nitrogens with one attached hydrogen (secondary N) is 2. The van der Waals surface area contributed by atoms with Gasteiger partial charge in [0.15, 0.2) is 5.69 Å². The molecule has 1 aliphatic heterocycles. The summed E-state index contributed by atoms with van der Waals surface area (Å²) >= 11 is 0. The van der Waals surface area contributed by atoms with E-state index in [0.29, 0.717) is 31.9 Å². The van der Waals surface area contributed by atoms with Crippen molar-refractivity contribution in [3.8, 4) is 0 Å². The maximum Gasteiger partial charge on any atom is 0.272 e. The standard InChI is InChI=1S/C24H26N6O3/c1-17(22(31)26-15-19-9-5-10-25-14-19)27-23(32)20-13-21-24(33)29(11-6-12-30(21)28-20)16-18-7-3-2-4-8-18/h2-5,7-10,13-14,17H,6,11-12,15-16H2,1H3,(H,26,31)(H,27,32)/t17-/m0/s1. The number of fused-ring (bicyclic) bond motifs is 1. The number of carbonyl (C=O) groups excluding carboxylic acids is 3. The zero-order valence-corrected chi connectivity index (χ0v) is 18.4. The van der Waals surface area contributed by atoms with Crippen molar-refractivity contribution >= 4 is 17.7 Å². The summed E-state index contributed by atoms with van der Waals surface area (Å²) in [6.45, 7) is 3.58. The maximum atomic E-state index is 13.1. The van der Waals surface area contributed by atoms with Gasteiger partial charge in [-0.1, -0.05) is 36.4 Å². The molecule has 3 heterocycles. The Morgan fingerprint density at radius 2 is 1.88 bits per heavy atom. The average molecular weight is 447 g/mol. The van der Waals surface area contributed by atoms with Crippen molar-refractivity contribution in [2.75, 3.05) is 6.54 Å². The molecule has 170 valence electrons. The SMILES string of the molecule is C[C@H](NC(=O)c1cc2n(n1)CCCN(Cc1ccccc1)C2=O)C(=O)NCc1cccnc1. The van der Waals surface area contributed by atoms with E-state index in [1.807, 2.05) is 36.4 Å². The molecule has 2 aromatic heterocycles. The smallest absolute Gasteiger partial charge is 0.272 e. The van der Waals surface area contributed by atoms with Gasteiger partial charge in [-0.2, -0.15) is 5.10 Å². The predicted molar refractivity (Wildman–Crippen MR) is 121 cm³/mol.